The first-order valence-electron chi connectivity index (χ1n) is 6.15. The Balaban J connectivity index is 1.88. The lowest BCUT2D eigenvalue weighted by molar-refractivity contribution is -0.0403. The lowest BCUT2D eigenvalue weighted by Gasteiger charge is -2.29. The van der Waals surface area contributed by atoms with Crippen LogP contribution in [0.5, 0.6) is 5.75 Å². The third-order valence-electron chi connectivity index (χ3n) is 2.97. The maximum atomic E-state index is 5.80. The van der Waals surface area contributed by atoms with Crippen LogP contribution in [-0.2, 0) is 4.74 Å². The van der Waals surface area contributed by atoms with Crippen LogP contribution in [0.1, 0.15) is 11.1 Å². The second-order valence-corrected chi connectivity index (χ2v) is 4.89. The van der Waals surface area contributed by atoms with Gasteiger partial charge in [0.15, 0.2) is 0 Å². The Morgan fingerprint density at radius 3 is 2.65 bits per heavy atom. The van der Waals surface area contributed by atoms with Gasteiger partial charge in [0.2, 0.25) is 0 Å². The summed E-state index contributed by atoms with van der Waals surface area (Å²) in [7, 11) is 2.12. The fourth-order valence-electron chi connectivity index (χ4n) is 2.17. The van der Waals surface area contributed by atoms with Gasteiger partial charge in [0.1, 0.15) is 18.5 Å². The molecule has 94 valence electrons. The monoisotopic (exact) mass is 235 g/mol. The molecule has 1 saturated heterocycles. The molecule has 1 atom stereocenters. The van der Waals surface area contributed by atoms with Crippen molar-refractivity contribution in [1.29, 1.82) is 0 Å². The Labute approximate surface area is 103 Å². The average molecular weight is 235 g/mol. The van der Waals surface area contributed by atoms with Crippen molar-refractivity contribution in [2.24, 2.45) is 0 Å². The Hall–Kier alpha value is -1.06. The molecule has 1 heterocycles. The quantitative estimate of drug-likeness (QED) is 0.800. The van der Waals surface area contributed by atoms with E-state index < -0.39 is 0 Å². The van der Waals surface area contributed by atoms with Crippen molar-refractivity contribution in [1.82, 2.24) is 4.90 Å². The molecular weight excluding hydrogens is 214 g/mol. The summed E-state index contributed by atoms with van der Waals surface area (Å²) in [5.41, 5.74) is 2.48. The molecule has 2 rings (SSSR count). The lowest BCUT2D eigenvalue weighted by Crippen LogP contribution is -2.42. The molecule has 17 heavy (non-hydrogen) atoms. The van der Waals surface area contributed by atoms with Crippen LogP contribution in [0.4, 0.5) is 0 Å². The number of nitrogens with zero attached hydrogens (tertiary/aromatic N) is 1. The normalized spacial score (nSPS) is 21.5. The summed E-state index contributed by atoms with van der Waals surface area (Å²) in [5.74, 6) is 0.944. The minimum absolute atomic E-state index is 0.189. The van der Waals surface area contributed by atoms with E-state index in [2.05, 4.69) is 44.0 Å². The van der Waals surface area contributed by atoms with Crippen molar-refractivity contribution in [2.45, 2.75) is 20.0 Å². The van der Waals surface area contributed by atoms with Gasteiger partial charge in [-0.3, -0.25) is 0 Å². The second kappa shape index (κ2) is 5.52. The minimum Gasteiger partial charge on any atom is -0.491 e. The molecule has 3 nitrogen and oxygen atoms in total. The predicted octanol–water partition coefficient (Wildman–Crippen LogP) is 2.01. The van der Waals surface area contributed by atoms with Crippen LogP contribution in [-0.4, -0.2) is 44.4 Å². The Morgan fingerprint density at radius 1 is 1.29 bits per heavy atom. The van der Waals surface area contributed by atoms with Crippen LogP contribution >= 0.6 is 0 Å². The molecule has 0 radical (unpaired) electrons. The Bertz CT molecular complexity index is 358. The average Bonchev–Trinajstić information content (AvgIpc) is 2.25. The molecule has 0 bridgehead atoms. The molecule has 1 aromatic carbocycles. The summed E-state index contributed by atoms with van der Waals surface area (Å²) < 4.78 is 11.5. The topological polar surface area (TPSA) is 21.7 Å². The first-order chi connectivity index (χ1) is 8.13. The molecule has 1 aliphatic rings. The Morgan fingerprint density at radius 2 is 2.00 bits per heavy atom. The molecule has 3 heteroatoms. The molecule has 0 amide bonds. The lowest BCUT2D eigenvalue weighted by atomic mass is 10.1. The van der Waals surface area contributed by atoms with Crippen molar-refractivity contribution >= 4 is 0 Å². The molecule has 0 aliphatic carbocycles. The number of rotatable bonds is 3. The second-order valence-electron chi connectivity index (χ2n) is 4.89. The van der Waals surface area contributed by atoms with Gasteiger partial charge in [-0.1, -0.05) is 6.07 Å². The van der Waals surface area contributed by atoms with Crippen molar-refractivity contribution < 1.29 is 9.47 Å². The molecule has 1 fully saturated rings. The minimum atomic E-state index is 0.189. The van der Waals surface area contributed by atoms with E-state index in [9.17, 15) is 0 Å². The predicted molar refractivity (Wildman–Crippen MR) is 68.6 cm³/mol. The van der Waals surface area contributed by atoms with Crippen LogP contribution in [0, 0.1) is 13.8 Å². The summed E-state index contributed by atoms with van der Waals surface area (Å²) >= 11 is 0. The zero-order valence-corrected chi connectivity index (χ0v) is 10.9. The third-order valence-corrected chi connectivity index (χ3v) is 2.97. The largest absolute Gasteiger partial charge is 0.491 e. The molecular formula is C14H21NO2. The van der Waals surface area contributed by atoms with E-state index >= 15 is 0 Å². The third kappa shape index (κ3) is 3.72. The highest BCUT2D eigenvalue weighted by atomic mass is 16.5. The summed E-state index contributed by atoms with van der Waals surface area (Å²) in [6.45, 7) is 7.57. The number of morpholine rings is 1. The first kappa shape index (κ1) is 12.4. The SMILES string of the molecule is Cc1cc(C)cc(OCC2CN(C)CCO2)c1. The zero-order chi connectivity index (χ0) is 12.3. The summed E-state index contributed by atoms with van der Waals surface area (Å²) in [4.78, 5) is 2.28. The number of benzene rings is 1. The number of likely N-dealkylation sites (N-methyl/N-ethyl adjacent to an activating group) is 1. The van der Waals surface area contributed by atoms with Gasteiger partial charge < -0.3 is 14.4 Å². The first-order valence-corrected chi connectivity index (χ1v) is 6.15. The van der Waals surface area contributed by atoms with E-state index in [1.165, 1.54) is 11.1 Å². The standard InChI is InChI=1S/C14H21NO2/c1-11-6-12(2)8-13(7-11)17-10-14-9-15(3)4-5-16-14/h6-8,14H,4-5,9-10H2,1-3H3. The Kier molecular flexibility index (Phi) is 4.02. The molecule has 1 unspecified atom stereocenters. The number of hydrogen-bond donors (Lipinski definition) is 0. The number of ether oxygens (including phenoxy) is 2. The maximum Gasteiger partial charge on any atom is 0.119 e. The molecule has 0 saturated carbocycles. The van der Waals surface area contributed by atoms with Crippen molar-refractivity contribution in [2.75, 3.05) is 33.4 Å². The molecule has 0 spiro atoms. The zero-order valence-electron chi connectivity index (χ0n) is 10.9. The van der Waals surface area contributed by atoms with E-state index in [0.29, 0.717) is 6.61 Å². The van der Waals surface area contributed by atoms with Crippen LogP contribution in [0.3, 0.4) is 0 Å². The van der Waals surface area contributed by atoms with Crippen LogP contribution in [0.25, 0.3) is 0 Å². The van der Waals surface area contributed by atoms with Crippen LogP contribution < -0.4 is 4.74 Å². The van der Waals surface area contributed by atoms with Gasteiger partial charge in [0.25, 0.3) is 0 Å². The number of hydrogen-bond acceptors (Lipinski definition) is 3. The summed E-state index contributed by atoms with van der Waals surface area (Å²) in [6, 6.07) is 6.29. The van der Waals surface area contributed by atoms with Crippen molar-refractivity contribution in [3.63, 3.8) is 0 Å². The molecule has 0 N–H and O–H groups in total. The van der Waals surface area contributed by atoms with Gasteiger partial charge in [-0.15, -0.1) is 0 Å². The fourth-order valence-corrected chi connectivity index (χ4v) is 2.17. The fraction of sp³-hybridized carbons (Fsp3) is 0.571. The van der Waals surface area contributed by atoms with Crippen molar-refractivity contribution in [3.05, 3.63) is 29.3 Å². The molecule has 1 aliphatic heterocycles. The van der Waals surface area contributed by atoms with E-state index in [1.54, 1.807) is 0 Å². The van der Waals surface area contributed by atoms with Gasteiger partial charge in [0.05, 0.1) is 6.61 Å². The molecule has 0 aromatic heterocycles. The number of aryl methyl sites for hydroxylation is 2. The molecule has 1 aromatic rings. The van der Waals surface area contributed by atoms with E-state index in [-0.39, 0.29) is 6.10 Å². The highest BCUT2D eigenvalue weighted by Crippen LogP contribution is 2.17. The van der Waals surface area contributed by atoms with E-state index in [4.69, 9.17) is 9.47 Å². The van der Waals surface area contributed by atoms with E-state index in [1.807, 2.05) is 0 Å². The van der Waals surface area contributed by atoms with Crippen LogP contribution in [0.2, 0.25) is 0 Å². The van der Waals surface area contributed by atoms with E-state index in [0.717, 1.165) is 25.4 Å². The van der Waals surface area contributed by atoms with Gasteiger partial charge in [-0.25, -0.2) is 0 Å². The summed E-state index contributed by atoms with van der Waals surface area (Å²) in [6.07, 6.45) is 0.189. The highest BCUT2D eigenvalue weighted by molar-refractivity contribution is 5.32. The van der Waals surface area contributed by atoms with Crippen molar-refractivity contribution in [3.8, 4) is 5.75 Å². The highest BCUT2D eigenvalue weighted by Gasteiger charge is 2.18. The van der Waals surface area contributed by atoms with Gasteiger partial charge in [-0.2, -0.15) is 0 Å². The van der Waals surface area contributed by atoms with Gasteiger partial charge in [0, 0.05) is 13.1 Å². The smallest absolute Gasteiger partial charge is 0.119 e. The van der Waals surface area contributed by atoms with Crippen LogP contribution in [0.15, 0.2) is 18.2 Å². The summed E-state index contributed by atoms with van der Waals surface area (Å²) in [5, 5.41) is 0. The maximum absolute atomic E-state index is 5.80. The van der Waals surface area contributed by atoms with Gasteiger partial charge in [-0.05, 0) is 44.2 Å². The van der Waals surface area contributed by atoms with Gasteiger partial charge >= 0.3 is 0 Å².